The zero-order chi connectivity index (χ0) is 24.6. The molecule has 3 aromatic carbocycles. The molecular weight excluding hydrogens is 446 g/mol. The van der Waals surface area contributed by atoms with Crippen molar-refractivity contribution in [2.24, 2.45) is 5.92 Å². The third-order valence-corrected chi connectivity index (χ3v) is 7.71. The first-order chi connectivity index (χ1) is 17.6. The van der Waals surface area contributed by atoms with Crippen molar-refractivity contribution in [1.29, 1.82) is 0 Å². The van der Waals surface area contributed by atoms with E-state index in [-0.39, 0.29) is 24.1 Å². The average molecular weight is 480 g/mol. The smallest absolute Gasteiger partial charge is 0.410 e. The fourth-order valence-electron chi connectivity index (χ4n) is 6.09. The van der Waals surface area contributed by atoms with Crippen molar-refractivity contribution < 1.29 is 14.3 Å². The molecule has 0 saturated carbocycles. The van der Waals surface area contributed by atoms with Crippen molar-refractivity contribution in [2.45, 2.75) is 44.7 Å². The Hall–Kier alpha value is -3.37. The van der Waals surface area contributed by atoms with Gasteiger partial charge in [-0.25, -0.2) is 4.79 Å². The summed E-state index contributed by atoms with van der Waals surface area (Å²) in [6.45, 7) is 5.89. The van der Waals surface area contributed by atoms with E-state index in [2.05, 4.69) is 92.7 Å². The van der Waals surface area contributed by atoms with Crippen LogP contribution in [0.2, 0.25) is 0 Å². The summed E-state index contributed by atoms with van der Waals surface area (Å²) >= 11 is 0. The highest BCUT2D eigenvalue weighted by atomic mass is 16.6. The Bertz CT molecular complexity index is 1250. The second-order valence-corrected chi connectivity index (χ2v) is 10.7. The van der Waals surface area contributed by atoms with Gasteiger partial charge in [0, 0.05) is 5.92 Å². The lowest BCUT2D eigenvalue weighted by molar-refractivity contribution is -0.0331. The van der Waals surface area contributed by atoms with Gasteiger partial charge in [-0.05, 0) is 57.7 Å². The molecule has 1 aliphatic carbocycles. The molecule has 1 fully saturated rings. The van der Waals surface area contributed by atoms with E-state index in [1.807, 2.05) is 4.90 Å². The Balaban J connectivity index is 1.18. The van der Waals surface area contributed by atoms with Gasteiger partial charge < -0.3 is 9.47 Å². The predicted octanol–water partition coefficient (Wildman–Crippen LogP) is 6.69. The molecule has 1 amide bonds. The van der Waals surface area contributed by atoms with Gasteiger partial charge in [0.05, 0.1) is 25.3 Å². The van der Waals surface area contributed by atoms with Crippen LogP contribution in [0.1, 0.15) is 48.4 Å². The Morgan fingerprint density at radius 2 is 1.61 bits per heavy atom. The van der Waals surface area contributed by atoms with Crippen molar-refractivity contribution in [3.8, 4) is 11.1 Å². The minimum atomic E-state index is -0.238. The molecule has 4 nitrogen and oxygen atoms in total. The van der Waals surface area contributed by atoms with E-state index in [1.54, 1.807) is 0 Å². The first-order valence-electron chi connectivity index (χ1n) is 13.1. The monoisotopic (exact) mass is 479 g/mol. The highest BCUT2D eigenvalue weighted by molar-refractivity contribution is 5.79. The molecular formula is C32H33NO3. The van der Waals surface area contributed by atoms with Crippen LogP contribution in [0.5, 0.6) is 0 Å². The van der Waals surface area contributed by atoms with Crippen molar-refractivity contribution >= 4 is 11.7 Å². The van der Waals surface area contributed by atoms with Crippen LogP contribution in [0, 0.1) is 5.92 Å². The van der Waals surface area contributed by atoms with E-state index < -0.39 is 0 Å². The van der Waals surface area contributed by atoms with Gasteiger partial charge in [0.1, 0.15) is 6.61 Å². The summed E-state index contributed by atoms with van der Waals surface area (Å²) in [7, 11) is 0. The third-order valence-electron chi connectivity index (χ3n) is 7.71. The topological polar surface area (TPSA) is 38.8 Å². The minimum Gasteiger partial charge on any atom is -0.448 e. The van der Waals surface area contributed by atoms with Gasteiger partial charge in [-0.1, -0.05) is 92.7 Å². The van der Waals surface area contributed by atoms with Crippen LogP contribution in [-0.2, 0) is 15.9 Å². The van der Waals surface area contributed by atoms with E-state index in [0.717, 1.165) is 12.8 Å². The highest BCUT2D eigenvalue weighted by Crippen LogP contribution is 2.44. The van der Waals surface area contributed by atoms with Crippen molar-refractivity contribution in [2.75, 3.05) is 19.8 Å². The number of hydrogen-bond acceptors (Lipinski definition) is 3. The van der Waals surface area contributed by atoms with E-state index in [9.17, 15) is 4.79 Å². The number of nitrogens with zero attached hydrogens (tertiary/aromatic N) is 1. The molecule has 3 aromatic rings. The average Bonchev–Trinajstić information content (AvgIpc) is 3.20. The maximum atomic E-state index is 13.4. The molecule has 2 aliphatic heterocycles. The molecule has 2 unspecified atom stereocenters. The lowest BCUT2D eigenvalue weighted by atomic mass is 9.89. The number of carbonyl (C=O) groups excluding carboxylic acids is 1. The number of hydrogen-bond donors (Lipinski definition) is 0. The Morgan fingerprint density at radius 3 is 2.25 bits per heavy atom. The number of benzene rings is 3. The SMILES string of the molecule is CC(C)Cc1ccc(C2=CC3COCC(C2)N3C(=O)OCC2c3ccccc3-c3ccccc32)cc1. The van der Waals surface area contributed by atoms with Gasteiger partial charge in [0.25, 0.3) is 0 Å². The van der Waals surface area contributed by atoms with Crippen molar-refractivity contribution in [3.05, 3.63) is 101 Å². The number of morpholine rings is 1. The van der Waals surface area contributed by atoms with Gasteiger partial charge in [0.15, 0.2) is 0 Å². The van der Waals surface area contributed by atoms with Crippen LogP contribution in [0.4, 0.5) is 4.79 Å². The number of amides is 1. The number of carbonyl (C=O) groups is 1. The Morgan fingerprint density at radius 1 is 0.944 bits per heavy atom. The standard InChI is InChI=1S/C32H33NO3/c1-21(2)15-22-11-13-23(14-12-22)24-16-25-18-35-19-26(17-24)33(25)32(34)36-20-31-29-9-5-3-7-27(29)28-8-4-6-10-30(28)31/h3-14,16,21,25-26,31H,15,17-20H2,1-2H3. The summed E-state index contributed by atoms with van der Waals surface area (Å²) < 4.78 is 11.9. The lowest BCUT2D eigenvalue weighted by Crippen LogP contribution is -2.56. The van der Waals surface area contributed by atoms with Gasteiger partial charge in [0.2, 0.25) is 0 Å². The Kier molecular flexibility index (Phi) is 6.14. The molecule has 2 bridgehead atoms. The van der Waals surface area contributed by atoms with Gasteiger partial charge in [-0.15, -0.1) is 0 Å². The zero-order valence-corrected chi connectivity index (χ0v) is 21.0. The number of ether oxygens (including phenoxy) is 2. The highest BCUT2D eigenvalue weighted by Gasteiger charge is 2.39. The van der Waals surface area contributed by atoms with Gasteiger partial charge >= 0.3 is 6.09 Å². The van der Waals surface area contributed by atoms with E-state index in [4.69, 9.17) is 9.47 Å². The second kappa shape index (κ2) is 9.59. The normalized spacial score (nSPS) is 20.6. The second-order valence-electron chi connectivity index (χ2n) is 10.7. The molecule has 0 N–H and O–H groups in total. The van der Waals surface area contributed by atoms with E-state index >= 15 is 0 Å². The largest absolute Gasteiger partial charge is 0.448 e. The molecule has 184 valence electrons. The molecule has 1 saturated heterocycles. The molecule has 0 radical (unpaired) electrons. The first-order valence-corrected chi connectivity index (χ1v) is 13.1. The van der Waals surface area contributed by atoms with Gasteiger partial charge in [-0.2, -0.15) is 0 Å². The third kappa shape index (κ3) is 4.24. The molecule has 36 heavy (non-hydrogen) atoms. The molecule has 2 heterocycles. The summed E-state index contributed by atoms with van der Waals surface area (Å²) in [4.78, 5) is 15.3. The fraction of sp³-hybridized carbons (Fsp3) is 0.344. The number of fused-ring (bicyclic) bond motifs is 5. The summed E-state index contributed by atoms with van der Waals surface area (Å²) in [5, 5.41) is 0. The van der Waals surface area contributed by atoms with Crippen molar-refractivity contribution in [1.82, 2.24) is 4.90 Å². The summed E-state index contributed by atoms with van der Waals surface area (Å²) in [5.41, 5.74) is 8.86. The first kappa shape index (κ1) is 23.1. The predicted molar refractivity (Wildman–Crippen MR) is 143 cm³/mol. The maximum Gasteiger partial charge on any atom is 0.410 e. The molecule has 3 aliphatic rings. The summed E-state index contributed by atoms with van der Waals surface area (Å²) in [6, 6.07) is 25.7. The van der Waals surface area contributed by atoms with Crippen LogP contribution in [0.3, 0.4) is 0 Å². The van der Waals surface area contributed by atoms with Crippen LogP contribution in [0.25, 0.3) is 16.7 Å². The van der Waals surface area contributed by atoms with Crippen LogP contribution in [-0.4, -0.2) is 42.9 Å². The van der Waals surface area contributed by atoms with Crippen LogP contribution < -0.4 is 0 Å². The summed E-state index contributed by atoms with van der Waals surface area (Å²) in [6.07, 6.45) is 3.84. The molecule has 0 spiro atoms. The van der Waals surface area contributed by atoms with Crippen molar-refractivity contribution in [3.63, 3.8) is 0 Å². The summed E-state index contributed by atoms with van der Waals surface area (Å²) in [5.74, 6) is 0.713. The minimum absolute atomic E-state index is 0.00487. The molecule has 4 heteroatoms. The fourth-order valence-corrected chi connectivity index (χ4v) is 6.09. The van der Waals surface area contributed by atoms with E-state index in [0.29, 0.717) is 25.7 Å². The van der Waals surface area contributed by atoms with Gasteiger partial charge in [-0.3, -0.25) is 4.90 Å². The Labute approximate surface area is 213 Å². The molecule has 6 rings (SSSR count). The number of rotatable bonds is 5. The quantitative estimate of drug-likeness (QED) is 0.409. The van der Waals surface area contributed by atoms with E-state index in [1.165, 1.54) is 39.0 Å². The zero-order valence-electron chi connectivity index (χ0n) is 21.0. The van der Waals surface area contributed by atoms with Crippen LogP contribution in [0.15, 0.2) is 78.9 Å². The lowest BCUT2D eigenvalue weighted by Gasteiger charge is -2.44. The maximum absolute atomic E-state index is 13.4. The van der Waals surface area contributed by atoms with Crippen LogP contribution >= 0.6 is 0 Å². The molecule has 2 atom stereocenters. The molecule has 0 aromatic heterocycles.